The lowest BCUT2D eigenvalue weighted by Gasteiger charge is -2.17. The van der Waals surface area contributed by atoms with Gasteiger partial charge in [-0.15, -0.1) is 0 Å². The van der Waals surface area contributed by atoms with Gasteiger partial charge in [-0.3, -0.25) is 9.59 Å². The summed E-state index contributed by atoms with van der Waals surface area (Å²) >= 11 is 5.94. The second kappa shape index (κ2) is 10.5. The zero-order valence-electron chi connectivity index (χ0n) is 15.6. The number of carbonyl (C=O) groups excluding carboxylic acids is 2. The zero-order chi connectivity index (χ0) is 20.5. The van der Waals surface area contributed by atoms with Gasteiger partial charge in [-0.1, -0.05) is 41.9 Å². The first kappa shape index (κ1) is 21.4. The summed E-state index contributed by atoms with van der Waals surface area (Å²) in [7, 11) is 0. The molecule has 0 unspecified atom stereocenters. The Hall–Kier alpha value is -2.88. The quantitative estimate of drug-likeness (QED) is 0.633. The topological polar surface area (TPSA) is 108 Å². The summed E-state index contributed by atoms with van der Waals surface area (Å²) in [6, 6.07) is 15.2. The Morgan fingerprint density at radius 3 is 2.57 bits per heavy atom. The fourth-order valence-electron chi connectivity index (χ4n) is 2.64. The molecule has 0 fully saturated rings. The Bertz CT molecular complexity index is 864. The van der Waals surface area contributed by atoms with Crippen LogP contribution in [0.2, 0.25) is 5.02 Å². The molecule has 7 heteroatoms. The fourth-order valence-corrected chi connectivity index (χ4v) is 2.83. The van der Waals surface area contributed by atoms with Crippen LogP contribution in [0.4, 0.5) is 0 Å². The lowest BCUT2D eigenvalue weighted by molar-refractivity contribution is -0.129. The van der Waals surface area contributed by atoms with Crippen molar-refractivity contribution in [2.45, 2.75) is 38.4 Å². The van der Waals surface area contributed by atoms with E-state index in [9.17, 15) is 9.59 Å². The molecule has 0 aliphatic heterocycles. The van der Waals surface area contributed by atoms with Crippen molar-refractivity contribution < 1.29 is 9.59 Å². The van der Waals surface area contributed by atoms with E-state index in [1.165, 1.54) is 0 Å². The van der Waals surface area contributed by atoms with E-state index < -0.39 is 12.1 Å². The zero-order valence-corrected chi connectivity index (χ0v) is 16.4. The molecule has 0 heterocycles. The Morgan fingerprint density at radius 1 is 1.18 bits per heavy atom. The predicted octanol–water partition coefficient (Wildman–Crippen LogP) is 2.29. The molecule has 6 nitrogen and oxygen atoms in total. The van der Waals surface area contributed by atoms with Gasteiger partial charge >= 0.3 is 0 Å². The molecule has 0 spiro atoms. The lowest BCUT2D eigenvalue weighted by Crippen LogP contribution is -2.50. The molecule has 2 rings (SSSR count). The first-order chi connectivity index (χ1) is 13.4. The fraction of sp³-hybridized carbons (Fsp3) is 0.286. The van der Waals surface area contributed by atoms with Gasteiger partial charge in [-0.05, 0) is 49.1 Å². The first-order valence-electron chi connectivity index (χ1n) is 8.97. The lowest BCUT2D eigenvalue weighted by atomic mass is 10.1. The highest BCUT2D eigenvalue weighted by Crippen LogP contribution is 2.15. The third-order valence-electron chi connectivity index (χ3n) is 4.32. The van der Waals surface area contributed by atoms with Gasteiger partial charge in [0.25, 0.3) is 0 Å². The maximum Gasteiger partial charge on any atom is 0.242 e. The van der Waals surface area contributed by atoms with E-state index in [0.717, 1.165) is 5.56 Å². The van der Waals surface area contributed by atoms with E-state index >= 15 is 0 Å². The molecule has 0 aromatic heterocycles. The average Bonchev–Trinajstić information content (AvgIpc) is 2.70. The highest BCUT2D eigenvalue weighted by molar-refractivity contribution is 6.30. The van der Waals surface area contributed by atoms with Gasteiger partial charge < -0.3 is 16.4 Å². The second-order valence-electron chi connectivity index (χ2n) is 6.49. The summed E-state index contributed by atoms with van der Waals surface area (Å²) in [5.74, 6) is -0.744. The van der Waals surface area contributed by atoms with E-state index in [-0.39, 0.29) is 18.4 Å². The Labute approximate surface area is 169 Å². The number of amides is 2. The van der Waals surface area contributed by atoms with Crippen molar-refractivity contribution >= 4 is 23.4 Å². The molecule has 0 aliphatic carbocycles. The molecule has 0 bridgehead atoms. The van der Waals surface area contributed by atoms with Crippen LogP contribution in [-0.4, -0.2) is 23.9 Å². The Morgan fingerprint density at radius 2 is 1.89 bits per heavy atom. The number of aryl methyl sites for hydroxylation is 1. The summed E-state index contributed by atoms with van der Waals surface area (Å²) in [5.41, 5.74) is 8.09. The van der Waals surface area contributed by atoms with Crippen molar-refractivity contribution in [2.75, 3.05) is 0 Å². The Kier molecular flexibility index (Phi) is 8.00. The number of halogens is 1. The van der Waals surface area contributed by atoms with Crippen LogP contribution in [0.1, 0.15) is 30.0 Å². The first-order valence-corrected chi connectivity index (χ1v) is 9.34. The van der Waals surface area contributed by atoms with Gasteiger partial charge in [-0.2, -0.15) is 5.26 Å². The van der Waals surface area contributed by atoms with Gasteiger partial charge in [0.15, 0.2) is 0 Å². The van der Waals surface area contributed by atoms with Gasteiger partial charge in [0, 0.05) is 11.6 Å². The number of carbonyl (C=O) groups is 2. The molecule has 146 valence electrons. The molecule has 4 N–H and O–H groups in total. The van der Waals surface area contributed by atoms with Gasteiger partial charge in [0.1, 0.15) is 6.04 Å². The van der Waals surface area contributed by atoms with Crippen LogP contribution < -0.4 is 16.4 Å². The minimum absolute atomic E-state index is 0.141. The van der Waals surface area contributed by atoms with E-state index in [1.807, 2.05) is 30.3 Å². The normalized spacial score (nSPS) is 12.5. The molecular weight excluding hydrogens is 376 g/mol. The van der Waals surface area contributed by atoms with Crippen LogP contribution in [0, 0.1) is 11.3 Å². The molecule has 0 aliphatic rings. The minimum atomic E-state index is -0.750. The number of nitriles is 1. The summed E-state index contributed by atoms with van der Waals surface area (Å²) in [4.78, 5) is 24.5. The molecule has 0 saturated heterocycles. The van der Waals surface area contributed by atoms with Gasteiger partial charge in [-0.25, -0.2) is 0 Å². The molecule has 2 amide bonds. The highest BCUT2D eigenvalue weighted by Gasteiger charge is 2.20. The van der Waals surface area contributed by atoms with Crippen molar-refractivity contribution in [1.29, 1.82) is 5.26 Å². The number of nitrogens with zero attached hydrogens (tertiary/aromatic N) is 1. The minimum Gasteiger partial charge on any atom is -0.350 e. The van der Waals surface area contributed by atoms with Gasteiger partial charge in [0.05, 0.1) is 17.7 Å². The molecule has 28 heavy (non-hydrogen) atoms. The van der Waals surface area contributed by atoms with Crippen molar-refractivity contribution in [1.82, 2.24) is 10.6 Å². The van der Waals surface area contributed by atoms with Crippen molar-refractivity contribution in [3.05, 3.63) is 70.2 Å². The van der Waals surface area contributed by atoms with Crippen LogP contribution in [0.5, 0.6) is 0 Å². The number of benzene rings is 2. The van der Waals surface area contributed by atoms with Crippen molar-refractivity contribution in [3.8, 4) is 6.07 Å². The van der Waals surface area contributed by atoms with Crippen LogP contribution >= 0.6 is 11.6 Å². The van der Waals surface area contributed by atoms with E-state index in [1.54, 1.807) is 25.1 Å². The molecule has 0 saturated carbocycles. The molecule has 2 atom stereocenters. The van der Waals surface area contributed by atoms with Crippen LogP contribution in [0.3, 0.4) is 0 Å². The van der Waals surface area contributed by atoms with E-state index in [0.29, 0.717) is 29.0 Å². The number of nitrogens with two attached hydrogens (primary N) is 1. The molecular formula is C21H23ClN4O2. The summed E-state index contributed by atoms with van der Waals surface area (Å²) in [6.45, 7) is 1.73. The van der Waals surface area contributed by atoms with Gasteiger partial charge in [0.2, 0.25) is 11.8 Å². The maximum absolute atomic E-state index is 12.3. The van der Waals surface area contributed by atoms with Crippen molar-refractivity contribution in [3.63, 3.8) is 0 Å². The average molecular weight is 399 g/mol. The maximum atomic E-state index is 12.3. The third kappa shape index (κ3) is 6.38. The van der Waals surface area contributed by atoms with E-state index in [4.69, 9.17) is 22.6 Å². The predicted molar refractivity (Wildman–Crippen MR) is 108 cm³/mol. The third-order valence-corrected chi connectivity index (χ3v) is 4.55. The summed E-state index contributed by atoms with van der Waals surface area (Å²) in [5, 5.41) is 14.9. The standard InChI is InChI=1S/C21H23ClN4O2/c1-14(20(27)25-13-17-11-18(22)9-8-16(17)12-23)26-21(28)19(24)10-7-15-5-3-2-4-6-15/h2-6,8-9,11,14,19H,7,10,13,24H2,1H3,(H,25,27)(H,26,28)/t14-,19+/m0/s1. The smallest absolute Gasteiger partial charge is 0.242 e. The molecule has 0 radical (unpaired) electrons. The summed E-state index contributed by atoms with van der Waals surface area (Å²) < 4.78 is 0. The largest absolute Gasteiger partial charge is 0.350 e. The molecule has 2 aromatic carbocycles. The SMILES string of the molecule is C[C@H](NC(=O)[C@H](N)CCc1ccccc1)C(=O)NCc1cc(Cl)ccc1C#N. The second-order valence-corrected chi connectivity index (χ2v) is 6.93. The van der Waals surface area contributed by atoms with Crippen LogP contribution in [-0.2, 0) is 22.6 Å². The number of hydrogen-bond donors (Lipinski definition) is 3. The number of nitrogens with one attached hydrogen (secondary N) is 2. The van der Waals surface area contributed by atoms with E-state index in [2.05, 4.69) is 16.7 Å². The summed E-state index contributed by atoms with van der Waals surface area (Å²) in [6.07, 6.45) is 1.17. The monoisotopic (exact) mass is 398 g/mol. The van der Waals surface area contributed by atoms with Crippen molar-refractivity contribution in [2.24, 2.45) is 5.73 Å². The highest BCUT2D eigenvalue weighted by atomic mass is 35.5. The number of rotatable bonds is 8. The van der Waals surface area contributed by atoms with Crippen LogP contribution in [0.15, 0.2) is 48.5 Å². The molecule has 2 aromatic rings. The van der Waals surface area contributed by atoms with Crippen LogP contribution in [0.25, 0.3) is 0 Å². The number of hydrogen-bond acceptors (Lipinski definition) is 4. The Balaban J connectivity index is 1.82.